The van der Waals surface area contributed by atoms with E-state index in [1.165, 1.54) is 6.08 Å². The van der Waals surface area contributed by atoms with Crippen molar-refractivity contribution in [1.82, 2.24) is 9.78 Å². The number of hydrogen-bond donors (Lipinski definition) is 1. The van der Waals surface area contributed by atoms with Crippen LogP contribution in [0.25, 0.3) is 6.08 Å². The molecule has 0 bridgehead atoms. The Morgan fingerprint density at radius 1 is 1.10 bits per heavy atom. The molecule has 1 heterocycles. The summed E-state index contributed by atoms with van der Waals surface area (Å²) in [6.07, 6.45) is 6.36. The fraction of sp³-hybridized carbons (Fsp3) is 0.174. The minimum atomic E-state index is -0.604. The number of carbonyl (C=O) groups excluding carboxylic acids is 2. The van der Waals surface area contributed by atoms with E-state index < -0.39 is 11.9 Å². The fourth-order valence-electron chi connectivity index (χ4n) is 2.67. The van der Waals surface area contributed by atoms with E-state index in [-0.39, 0.29) is 6.61 Å². The van der Waals surface area contributed by atoms with Gasteiger partial charge in [0.1, 0.15) is 5.75 Å². The van der Waals surface area contributed by atoms with Crippen LogP contribution in [0.15, 0.2) is 73.1 Å². The first kappa shape index (κ1) is 20.9. The van der Waals surface area contributed by atoms with Crippen LogP contribution in [0.1, 0.15) is 18.1 Å². The highest BCUT2D eigenvalue weighted by Crippen LogP contribution is 2.15. The van der Waals surface area contributed by atoms with Crippen LogP contribution in [0.5, 0.6) is 5.75 Å². The van der Waals surface area contributed by atoms with Gasteiger partial charge in [-0.2, -0.15) is 5.10 Å². The van der Waals surface area contributed by atoms with Gasteiger partial charge in [0, 0.05) is 23.5 Å². The quantitative estimate of drug-likeness (QED) is 0.435. The summed E-state index contributed by atoms with van der Waals surface area (Å²) >= 11 is 0. The third kappa shape index (κ3) is 6.63. The maximum atomic E-state index is 11.9. The van der Waals surface area contributed by atoms with Crippen LogP contribution < -0.4 is 10.1 Å². The van der Waals surface area contributed by atoms with Crippen molar-refractivity contribution >= 4 is 23.6 Å². The Labute approximate surface area is 174 Å². The Hall–Kier alpha value is -3.87. The van der Waals surface area contributed by atoms with Crippen molar-refractivity contribution in [3.8, 4) is 5.75 Å². The van der Waals surface area contributed by atoms with Crippen molar-refractivity contribution < 1.29 is 19.1 Å². The maximum Gasteiger partial charge on any atom is 0.331 e. The minimum Gasteiger partial charge on any atom is -0.494 e. The highest BCUT2D eigenvalue weighted by atomic mass is 16.5. The molecule has 0 atom stereocenters. The molecule has 1 N–H and O–H groups in total. The lowest BCUT2D eigenvalue weighted by molar-refractivity contribution is -0.142. The SMILES string of the molecule is CCOc1ccc(NC(=O)COC(=O)/C=C/c2cnn(Cc3ccccc3)c2)cc1. The molecular formula is C23H23N3O4. The van der Waals surface area contributed by atoms with Crippen molar-refractivity contribution in [2.24, 2.45) is 0 Å². The van der Waals surface area contributed by atoms with Crippen LogP contribution >= 0.6 is 0 Å². The summed E-state index contributed by atoms with van der Waals surface area (Å²) in [5.41, 5.74) is 2.50. The molecule has 0 saturated carbocycles. The second-order valence-electron chi connectivity index (χ2n) is 6.40. The topological polar surface area (TPSA) is 82.4 Å². The number of aromatic nitrogens is 2. The number of hydrogen-bond acceptors (Lipinski definition) is 5. The zero-order chi connectivity index (χ0) is 21.2. The maximum absolute atomic E-state index is 11.9. The van der Waals surface area contributed by atoms with E-state index in [0.29, 0.717) is 18.8 Å². The van der Waals surface area contributed by atoms with Crippen molar-refractivity contribution in [3.63, 3.8) is 0 Å². The van der Waals surface area contributed by atoms with Crippen molar-refractivity contribution in [3.05, 3.63) is 84.2 Å². The standard InChI is InChI=1S/C23H23N3O4/c1-2-29-21-11-9-20(10-12-21)25-22(27)17-30-23(28)13-8-19-14-24-26(16-19)15-18-6-4-3-5-7-18/h3-14,16H,2,15,17H2,1H3,(H,25,27)/b13-8+. The van der Waals surface area contributed by atoms with E-state index >= 15 is 0 Å². The first-order valence-corrected chi connectivity index (χ1v) is 9.56. The molecule has 0 unspecified atom stereocenters. The summed E-state index contributed by atoms with van der Waals surface area (Å²) in [6.45, 7) is 2.74. The fourth-order valence-corrected chi connectivity index (χ4v) is 2.67. The Morgan fingerprint density at radius 2 is 1.87 bits per heavy atom. The number of rotatable bonds is 9. The number of benzene rings is 2. The number of nitrogens with zero attached hydrogens (tertiary/aromatic N) is 2. The van der Waals surface area contributed by atoms with Gasteiger partial charge in [-0.25, -0.2) is 4.79 Å². The largest absolute Gasteiger partial charge is 0.494 e. The third-order valence-corrected chi connectivity index (χ3v) is 4.05. The number of anilines is 1. The zero-order valence-corrected chi connectivity index (χ0v) is 16.7. The minimum absolute atomic E-state index is 0.371. The first-order valence-electron chi connectivity index (χ1n) is 9.56. The van der Waals surface area contributed by atoms with E-state index in [1.54, 1.807) is 41.2 Å². The predicted molar refractivity (Wildman–Crippen MR) is 114 cm³/mol. The zero-order valence-electron chi connectivity index (χ0n) is 16.7. The van der Waals surface area contributed by atoms with Gasteiger partial charge in [0.2, 0.25) is 0 Å². The molecule has 0 spiro atoms. The normalized spacial score (nSPS) is 10.7. The summed E-state index contributed by atoms with van der Waals surface area (Å²) in [6, 6.07) is 16.9. The Kier molecular flexibility index (Phi) is 7.38. The van der Waals surface area contributed by atoms with E-state index in [1.807, 2.05) is 43.5 Å². The van der Waals surface area contributed by atoms with Crippen molar-refractivity contribution in [2.45, 2.75) is 13.5 Å². The highest BCUT2D eigenvalue weighted by Gasteiger charge is 2.06. The van der Waals surface area contributed by atoms with E-state index in [0.717, 1.165) is 16.9 Å². The smallest absolute Gasteiger partial charge is 0.331 e. The van der Waals surface area contributed by atoms with Crippen LogP contribution in [0, 0.1) is 0 Å². The molecule has 0 aliphatic rings. The van der Waals surface area contributed by atoms with Gasteiger partial charge >= 0.3 is 5.97 Å². The first-order chi connectivity index (χ1) is 14.6. The van der Waals surface area contributed by atoms with E-state index in [2.05, 4.69) is 10.4 Å². The van der Waals surface area contributed by atoms with Gasteiger partial charge < -0.3 is 14.8 Å². The third-order valence-electron chi connectivity index (χ3n) is 4.05. The summed E-state index contributed by atoms with van der Waals surface area (Å²) < 4.78 is 12.1. The monoisotopic (exact) mass is 405 g/mol. The van der Waals surface area contributed by atoms with Crippen LogP contribution in [0.2, 0.25) is 0 Å². The Bertz CT molecular complexity index is 995. The van der Waals surface area contributed by atoms with Gasteiger partial charge in [-0.15, -0.1) is 0 Å². The van der Waals surface area contributed by atoms with E-state index in [4.69, 9.17) is 9.47 Å². The predicted octanol–water partition coefficient (Wildman–Crippen LogP) is 3.53. The van der Waals surface area contributed by atoms with Crippen molar-refractivity contribution in [2.75, 3.05) is 18.5 Å². The molecule has 0 fully saturated rings. The van der Waals surface area contributed by atoms with Crippen LogP contribution in [0.4, 0.5) is 5.69 Å². The molecule has 0 aliphatic carbocycles. The average molecular weight is 405 g/mol. The highest BCUT2D eigenvalue weighted by molar-refractivity contribution is 5.94. The summed E-state index contributed by atoms with van der Waals surface area (Å²) in [7, 11) is 0. The second kappa shape index (κ2) is 10.6. The van der Waals surface area contributed by atoms with Crippen LogP contribution in [-0.4, -0.2) is 34.9 Å². The molecule has 1 amide bonds. The van der Waals surface area contributed by atoms with Crippen LogP contribution in [-0.2, 0) is 20.9 Å². The molecule has 3 aromatic rings. The van der Waals surface area contributed by atoms with Gasteiger partial charge in [0.25, 0.3) is 5.91 Å². The number of nitrogens with one attached hydrogen (secondary N) is 1. The summed E-state index contributed by atoms with van der Waals surface area (Å²) in [5.74, 6) is -0.302. The van der Waals surface area contributed by atoms with Gasteiger partial charge in [0.05, 0.1) is 19.3 Å². The molecular weight excluding hydrogens is 382 g/mol. The number of amides is 1. The summed E-state index contributed by atoms with van der Waals surface area (Å²) in [4.78, 5) is 23.8. The lowest BCUT2D eigenvalue weighted by Gasteiger charge is -2.07. The molecule has 0 radical (unpaired) electrons. The van der Waals surface area contributed by atoms with Gasteiger partial charge in [-0.05, 0) is 42.8 Å². The molecule has 0 aliphatic heterocycles. The second-order valence-corrected chi connectivity index (χ2v) is 6.40. The van der Waals surface area contributed by atoms with Gasteiger partial charge in [-0.1, -0.05) is 30.3 Å². The van der Waals surface area contributed by atoms with Gasteiger partial charge in [-0.3, -0.25) is 9.48 Å². The molecule has 154 valence electrons. The molecule has 3 rings (SSSR count). The summed E-state index contributed by atoms with van der Waals surface area (Å²) in [5, 5.41) is 6.93. The molecule has 2 aromatic carbocycles. The van der Waals surface area contributed by atoms with Gasteiger partial charge in [0.15, 0.2) is 6.61 Å². The number of carbonyl (C=O) groups is 2. The average Bonchev–Trinajstić information content (AvgIpc) is 3.20. The van der Waals surface area contributed by atoms with Crippen LogP contribution in [0.3, 0.4) is 0 Å². The number of ether oxygens (including phenoxy) is 2. The Morgan fingerprint density at radius 3 is 2.60 bits per heavy atom. The van der Waals surface area contributed by atoms with Crippen molar-refractivity contribution in [1.29, 1.82) is 0 Å². The number of esters is 1. The lowest BCUT2D eigenvalue weighted by Crippen LogP contribution is -2.20. The molecule has 7 heteroatoms. The molecule has 1 aromatic heterocycles. The lowest BCUT2D eigenvalue weighted by atomic mass is 10.2. The van der Waals surface area contributed by atoms with E-state index in [9.17, 15) is 9.59 Å². The Balaban J connectivity index is 1.42. The molecule has 0 saturated heterocycles. The molecule has 7 nitrogen and oxygen atoms in total. The molecule has 30 heavy (non-hydrogen) atoms.